The number of hydroxylamine groups is 1. The van der Waals surface area contributed by atoms with Crippen LogP contribution in [0.1, 0.15) is 97.3 Å². The molecule has 0 heterocycles. The van der Waals surface area contributed by atoms with E-state index in [1.54, 1.807) is 0 Å². The number of unbranched alkanes of at least 4 members (excludes halogenated alkanes) is 10. The molecule has 0 atom stereocenters. The maximum Gasteiger partial charge on any atom is 0.0366 e. The van der Waals surface area contributed by atoms with Gasteiger partial charge in [0, 0.05) is 6.54 Å². The molecule has 0 rings (SSSR count). The molecule has 0 aromatic rings. The van der Waals surface area contributed by atoms with Gasteiger partial charge in [-0.25, -0.2) is 0 Å². The van der Waals surface area contributed by atoms with E-state index in [1.807, 2.05) is 6.26 Å². The molecule has 0 aromatic heterocycles. The van der Waals surface area contributed by atoms with E-state index in [1.165, 1.54) is 107 Å². The second-order valence-corrected chi connectivity index (χ2v) is 7.78. The van der Waals surface area contributed by atoms with Crippen molar-refractivity contribution in [3.63, 3.8) is 0 Å². The van der Waals surface area contributed by atoms with E-state index in [4.69, 9.17) is 0 Å². The smallest absolute Gasteiger partial charge is 0.0366 e. The molecule has 0 fully saturated rings. The molecule has 0 aliphatic rings. The number of hydrogen-bond acceptors (Lipinski definition) is 4. The SMILES string of the molecule is CCCCCCCCN(CCCCCCCC)CCCN(O)SC. The third kappa shape index (κ3) is 17.1. The molecule has 3 nitrogen and oxygen atoms in total. The molecule has 0 radical (unpaired) electrons. The van der Waals surface area contributed by atoms with Gasteiger partial charge in [0.05, 0.1) is 0 Å². The molecule has 24 heavy (non-hydrogen) atoms. The topological polar surface area (TPSA) is 26.7 Å². The molecule has 0 saturated carbocycles. The first-order chi connectivity index (χ1) is 11.7. The van der Waals surface area contributed by atoms with E-state index in [2.05, 4.69) is 18.7 Å². The minimum absolute atomic E-state index is 0.769. The second kappa shape index (κ2) is 19.6. The van der Waals surface area contributed by atoms with Crippen molar-refractivity contribution >= 4 is 11.9 Å². The van der Waals surface area contributed by atoms with Crippen LogP contribution in [-0.4, -0.2) is 47.0 Å². The highest BCUT2D eigenvalue weighted by molar-refractivity contribution is 7.96. The van der Waals surface area contributed by atoms with Crippen LogP contribution in [0.15, 0.2) is 0 Å². The van der Waals surface area contributed by atoms with Crippen molar-refractivity contribution in [3.8, 4) is 0 Å². The summed E-state index contributed by atoms with van der Waals surface area (Å²) in [5.74, 6) is 0. The lowest BCUT2D eigenvalue weighted by Gasteiger charge is -2.23. The van der Waals surface area contributed by atoms with Gasteiger partial charge in [0.25, 0.3) is 0 Å². The molecular weight excluding hydrogens is 316 g/mol. The van der Waals surface area contributed by atoms with E-state index >= 15 is 0 Å². The number of rotatable bonds is 19. The van der Waals surface area contributed by atoms with Crippen molar-refractivity contribution in [1.82, 2.24) is 9.37 Å². The van der Waals surface area contributed by atoms with Gasteiger partial charge in [0.15, 0.2) is 0 Å². The van der Waals surface area contributed by atoms with Gasteiger partial charge in [-0.1, -0.05) is 90.0 Å². The second-order valence-electron chi connectivity index (χ2n) is 6.99. The standard InChI is InChI=1S/C20H44N2OS/c1-4-6-8-10-12-14-17-21(19-16-20-22(23)24-3)18-15-13-11-9-7-5-2/h23H,4-20H2,1-3H3. The van der Waals surface area contributed by atoms with Crippen LogP contribution in [0.3, 0.4) is 0 Å². The first-order valence-electron chi connectivity index (χ1n) is 10.5. The molecular formula is C20H44N2OS. The van der Waals surface area contributed by atoms with Crippen molar-refractivity contribution in [1.29, 1.82) is 0 Å². The van der Waals surface area contributed by atoms with Gasteiger partial charge in [0.2, 0.25) is 0 Å². The molecule has 1 N–H and O–H groups in total. The van der Waals surface area contributed by atoms with E-state index in [-0.39, 0.29) is 0 Å². The molecule has 146 valence electrons. The van der Waals surface area contributed by atoms with Crippen LogP contribution in [0.5, 0.6) is 0 Å². The lowest BCUT2D eigenvalue weighted by atomic mass is 10.1. The van der Waals surface area contributed by atoms with Crippen LogP contribution in [0.25, 0.3) is 0 Å². The van der Waals surface area contributed by atoms with Gasteiger partial charge >= 0.3 is 0 Å². The van der Waals surface area contributed by atoms with Crippen molar-refractivity contribution in [2.75, 3.05) is 32.4 Å². The highest BCUT2D eigenvalue weighted by atomic mass is 32.2. The van der Waals surface area contributed by atoms with Gasteiger partial charge in [0.1, 0.15) is 0 Å². The van der Waals surface area contributed by atoms with Crippen LogP contribution < -0.4 is 0 Å². The van der Waals surface area contributed by atoms with Gasteiger partial charge in [-0.15, -0.1) is 4.47 Å². The molecule has 4 heteroatoms. The van der Waals surface area contributed by atoms with E-state index in [9.17, 15) is 5.21 Å². The van der Waals surface area contributed by atoms with Crippen molar-refractivity contribution < 1.29 is 5.21 Å². The summed E-state index contributed by atoms with van der Waals surface area (Å²) in [5.41, 5.74) is 0. The van der Waals surface area contributed by atoms with Gasteiger partial charge in [-0.2, -0.15) is 0 Å². The van der Waals surface area contributed by atoms with Crippen molar-refractivity contribution in [2.24, 2.45) is 0 Å². The zero-order chi connectivity index (χ0) is 17.9. The maximum absolute atomic E-state index is 9.54. The predicted octanol–water partition coefficient (Wildman–Crippen LogP) is 6.37. The summed E-state index contributed by atoms with van der Waals surface area (Å²) >= 11 is 1.40. The Balaban J connectivity index is 3.82. The summed E-state index contributed by atoms with van der Waals surface area (Å²) in [6.07, 6.45) is 19.5. The van der Waals surface area contributed by atoms with Gasteiger partial charge < -0.3 is 10.1 Å². The first kappa shape index (κ1) is 24.2. The Morgan fingerprint density at radius 2 is 1.00 bits per heavy atom. The lowest BCUT2D eigenvalue weighted by molar-refractivity contribution is 0.0141. The quantitative estimate of drug-likeness (QED) is 0.164. The van der Waals surface area contributed by atoms with Crippen LogP contribution in [0.2, 0.25) is 0 Å². The van der Waals surface area contributed by atoms with E-state index < -0.39 is 0 Å². The Labute approximate surface area is 156 Å². The number of nitrogens with zero attached hydrogens (tertiary/aromatic N) is 2. The molecule has 0 unspecified atom stereocenters. The summed E-state index contributed by atoms with van der Waals surface area (Å²) in [4.78, 5) is 2.63. The highest BCUT2D eigenvalue weighted by Crippen LogP contribution is 2.10. The summed E-state index contributed by atoms with van der Waals surface area (Å²) < 4.78 is 1.35. The fourth-order valence-electron chi connectivity index (χ4n) is 3.09. The molecule has 0 amide bonds. The number of hydrogen-bond donors (Lipinski definition) is 1. The third-order valence-corrected chi connectivity index (χ3v) is 5.29. The fraction of sp³-hybridized carbons (Fsp3) is 1.00. The zero-order valence-corrected chi connectivity index (χ0v) is 17.6. The average molecular weight is 361 g/mol. The highest BCUT2D eigenvalue weighted by Gasteiger charge is 2.06. The molecule has 0 aliphatic heterocycles. The van der Waals surface area contributed by atoms with E-state index in [0.717, 1.165) is 19.5 Å². The Hall–Kier alpha value is 0.230. The summed E-state index contributed by atoms with van der Waals surface area (Å²) in [7, 11) is 0. The minimum Gasteiger partial charge on any atom is -0.303 e. The van der Waals surface area contributed by atoms with Crippen LogP contribution in [0, 0.1) is 0 Å². The minimum atomic E-state index is 0.769. The fourth-order valence-corrected chi connectivity index (χ4v) is 3.40. The Morgan fingerprint density at radius 3 is 1.46 bits per heavy atom. The molecule has 0 bridgehead atoms. The Bertz CT molecular complexity index is 226. The van der Waals surface area contributed by atoms with Crippen molar-refractivity contribution in [3.05, 3.63) is 0 Å². The maximum atomic E-state index is 9.54. The largest absolute Gasteiger partial charge is 0.303 e. The van der Waals surface area contributed by atoms with Gasteiger partial charge in [-0.05, 0) is 45.2 Å². The summed E-state index contributed by atoms with van der Waals surface area (Å²) in [6.45, 7) is 8.94. The van der Waals surface area contributed by atoms with Crippen LogP contribution >= 0.6 is 11.9 Å². The first-order valence-corrected chi connectivity index (χ1v) is 11.7. The van der Waals surface area contributed by atoms with E-state index in [0.29, 0.717) is 0 Å². The van der Waals surface area contributed by atoms with Gasteiger partial charge in [-0.3, -0.25) is 0 Å². The molecule has 0 aliphatic carbocycles. The summed E-state index contributed by atoms with van der Waals surface area (Å²) in [5, 5.41) is 9.54. The zero-order valence-electron chi connectivity index (χ0n) is 16.8. The molecule has 0 spiro atoms. The van der Waals surface area contributed by atoms with Crippen LogP contribution in [0.4, 0.5) is 0 Å². The molecule has 0 aromatic carbocycles. The monoisotopic (exact) mass is 360 g/mol. The average Bonchev–Trinajstić information content (AvgIpc) is 2.60. The summed E-state index contributed by atoms with van der Waals surface area (Å²) in [6, 6.07) is 0. The Kier molecular flexibility index (Phi) is 19.7. The molecule has 0 saturated heterocycles. The van der Waals surface area contributed by atoms with Crippen LogP contribution in [-0.2, 0) is 0 Å². The Morgan fingerprint density at radius 1 is 0.583 bits per heavy atom. The lowest BCUT2D eigenvalue weighted by Crippen LogP contribution is -2.29. The normalized spacial score (nSPS) is 11.8. The third-order valence-electron chi connectivity index (χ3n) is 4.69. The predicted molar refractivity (Wildman–Crippen MR) is 110 cm³/mol. The van der Waals surface area contributed by atoms with Crippen molar-refractivity contribution in [2.45, 2.75) is 97.3 Å².